The highest BCUT2D eigenvalue weighted by molar-refractivity contribution is 5.40. The highest BCUT2D eigenvalue weighted by Crippen LogP contribution is 2.26. The second-order valence-corrected chi connectivity index (χ2v) is 6.44. The number of aryl methyl sites for hydroxylation is 1. The molecule has 0 saturated carbocycles. The molecule has 21 heavy (non-hydrogen) atoms. The van der Waals surface area contributed by atoms with Crippen molar-refractivity contribution in [2.45, 2.75) is 53.0 Å². The molecule has 0 amide bonds. The minimum Gasteiger partial charge on any atom is -0.313 e. The van der Waals surface area contributed by atoms with E-state index in [1.54, 1.807) is 0 Å². The van der Waals surface area contributed by atoms with E-state index in [-0.39, 0.29) is 17.1 Å². The zero-order valence-corrected chi connectivity index (χ0v) is 13.3. The summed E-state index contributed by atoms with van der Waals surface area (Å²) in [5, 5.41) is 14.5. The predicted octanol–water partition coefficient (Wildman–Crippen LogP) is 4.08. The van der Waals surface area contributed by atoms with Gasteiger partial charge < -0.3 is 5.32 Å². The molecular weight excluding hydrogens is 271 g/mol. The van der Waals surface area contributed by atoms with Gasteiger partial charge in [-0.2, -0.15) is 0 Å². The molecule has 1 unspecified atom stereocenters. The molecule has 1 aromatic rings. The monoisotopic (exact) mass is 296 g/mol. The Balaban J connectivity index is 2.84. The summed E-state index contributed by atoms with van der Waals surface area (Å²) in [5.41, 5.74) is 0.518. The minimum atomic E-state index is -0.444. The SMILES string of the molecule is CCCNC(CCc1cc(F)ccc1[N+](=O)[O-])C(C)(C)C. The Bertz CT molecular complexity index is 484. The number of benzene rings is 1. The summed E-state index contributed by atoms with van der Waals surface area (Å²) in [6.45, 7) is 9.43. The number of hydrogen-bond acceptors (Lipinski definition) is 3. The number of nitrogens with zero attached hydrogens (tertiary/aromatic N) is 1. The highest BCUT2D eigenvalue weighted by atomic mass is 19.1. The fraction of sp³-hybridized carbons (Fsp3) is 0.625. The first-order valence-electron chi connectivity index (χ1n) is 7.42. The zero-order chi connectivity index (χ0) is 16.0. The van der Waals surface area contributed by atoms with Gasteiger partial charge in [-0.3, -0.25) is 10.1 Å². The molecule has 118 valence electrons. The van der Waals surface area contributed by atoms with Crippen LogP contribution in [0.3, 0.4) is 0 Å². The number of nitro benzene ring substituents is 1. The molecule has 0 aromatic heterocycles. The Morgan fingerprint density at radius 3 is 2.57 bits per heavy atom. The molecule has 4 nitrogen and oxygen atoms in total. The van der Waals surface area contributed by atoms with E-state index in [0.29, 0.717) is 12.0 Å². The molecular formula is C16H25FN2O2. The van der Waals surface area contributed by atoms with Gasteiger partial charge in [0.1, 0.15) is 5.82 Å². The lowest BCUT2D eigenvalue weighted by molar-refractivity contribution is -0.385. The van der Waals surface area contributed by atoms with Crippen molar-refractivity contribution in [3.63, 3.8) is 0 Å². The summed E-state index contributed by atoms with van der Waals surface area (Å²) >= 11 is 0. The molecule has 1 aromatic carbocycles. The third kappa shape index (κ3) is 5.42. The normalized spacial score (nSPS) is 13.2. The fourth-order valence-corrected chi connectivity index (χ4v) is 2.39. The summed E-state index contributed by atoms with van der Waals surface area (Å²) in [5.74, 6) is -0.426. The van der Waals surface area contributed by atoms with Gasteiger partial charge in [0.15, 0.2) is 0 Å². The van der Waals surface area contributed by atoms with Crippen molar-refractivity contribution in [2.24, 2.45) is 5.41 Å². The van der Waals surface area contributed by atoms with Crippen molar-refractivity contribution < 1.29 is 9.31 Å². The third-order valence-electron chi connectivity index (χ3n) is 3.63. The Morgan fingerprint density at radius 1 is 1.38 bits per heavy atom. The largest absolute Gasteiger partial charge is 0.313 e. The average molecular weight is 296 g/mol. The quantitative estimate of drug-likeness (QED) is 0.609. The molecule has 0 aliphatic heterocycles. The van der Waals surface area contributed by atoms with E-state index >= 15 is 0 Å². The first kappa shape index (κ1) is 17.6. The molecule has 0 aliphatic carbocycles. The maximum atomic E-state index is 13.3. The summed E-state index contributed by atoms with van der Waals surface area (Å²) in [6.07, 6.45) is 2.27. The lowest BCUT2D eigenvalue weighted by Crippen LogP contribution is -2.41. The van der Waals surface area contributed by atoms with Crippen LogP contribution in [0.5, 0.6) is 0 Å². The van der Waals surface area contributed by atoms with Gasteiger partial charge in [-0.05, 0) is 43.4 Å². The maximum Gasteiger partial charge on any atom is 0.272 e. The Labute approximate surface area is 125 Å². The topological polar surface area (TPSA) is 55.2 Å². The van der Waals surface area contributed by atoms with Gasteiger partial charge in [-0.15, -0.1) is 0 Å². The van der Waals surface area contributed by atoms with Crippen molar-refractivity contribution in [3.05, 3.63) is 39.7 Å². The number of nitrogens with one attached hydrogen (secondary N) is 1. The highest BCUT2D eigenvalue weighted by Gasteiger charge is 2.25. The van der Waals surface area contributed by atoms with Gasteiger partial charge in [0.05, 0.1) is 4.92 Å². The van der Waals surface area contributed by atoms with Crippen molar-refractivity contribution in [1.29, 1.82) is 0 Å². The van der Waals surface area contributed by atoms with E-state index in [1.165, 1.54) is 12.1 Å². The van der Waals surface area contributed by atoms with Crippen LogP contribution in [-0.2, 0) is 6.42 Å². The molecule has 1 rings (SSSR count). The van der Waals surface area contributed by atoms with E-state index < -0.39 is 10.7 Å². The lowest BCUT2D eigenvalue weighted by Gasteiger charge is -2.31. The van der Waals surface area contributed by atoms with Crippen LogP contribution >= 0.6 is 0 Å². The number of rotatable bonds is 7. The Hall–Kier alpha value is -1.49. The molecule has 0 bridgehead atoms. The summed E-state index contributed by atoms with van der Waals surface area (Å²) < 4.78 is 13.3. The standard InChI is InChI=1S/C16H25FN2O2/c1-5-10-18-15(16(2,3)4)9-6-12-11-13(17)7-8-14(12)19(20)21/h7-8,11,15,18H,5-6,9-10H2,1-4H3. The van der Waals surface area contributed by atoms with Gasteiger partial charge in [0.25, 0.3) is 5.69 Å². The van der Waals surface area contributed by atoms with Gasteiger partial charge in [0, 0.05) is 17.7 Å². The molecule has 0 heterocycles. The van der Waals surface area contributed by atoms with Crippen LogP contribution in [0, 0.1) is 21.3 Å². The Morgan fingerprint density at radius 2 is 2.05 bits per heavy atom. The number of halogens is 1. The van der Waals surface area contributed by atoms with Crippen molar-refractivity contribution >= 4 is 5.69 Å². The van der Waals surface area contributed by atoms with Crippen LogP contribution in [0.2, 0.25) is 0 Å². The molecule has 0 fully saturated rings. The van der Waals surface area contributed by atoms with Crippen LogP contribution in [0.25, 0.3) is 0 Å². The van der Waals surface area contributed by atoms with Crippen LogP contribution in [-0.4, -0.2) is 17.5 Å². The van der Waals surface area contributed by atoms with Crippen LogP contribution in [0.1, 0.15) is 46.1 Å². The van der Waals surface area contributed by atoms with Gasteiger partial charge >= 0.3 is 0 Å². The van der Waals surface area contributed by atoms with E-state index in [4.69, 9.17) is 0 Å². The summed E-state index contributed by atoms with van der Waals surface area (Å²) in [4.78, 5) is 10.6. The summed E-state index contributed by atoms with van der Waals surface area (Å²) in [6, 6.07) is 3.90. The van der Waals surface area contributed by atoms with Gasteiger partial charge in [-0.1, -0.05) is 27.7 Å². The number of hydrogen-bond donors (Lipinski definition) is 1. The average Bonchev–Trinajstić information content (AvgIpc) is 2.36. The molecule has 0 spiro atoms. The second-order valence-electron chi connectivity index (χ2n) is 6.44. The lowest BCUT2D eigenvalue weighted by atomic mass is 9.83. The second kappa shape index (κ2) is 7.50. The van der Waals surface area contributed by atoms with Crippen LogP contribution < -0.4 is 5.32 Å². The van der Waals surface area contributed by atoms with Crippen LogP contribution in [0.4, 0.5) is 10.1 Å². The first-order valence-corrected chi connectivity index (χ1v) is 7.42. The van der Waals surface area contributed by atoms with Crippen molar-refractivity contribution in [3.8, 4) is 0 Å². The number of nitro groups is 1. The summed E-state index contributed by atoms with van der Waals surface area (Å²) in [7, 11) is 0. The zero-order valence-electron chi connectivity index (χ0n) is 13.3. The van der Waals surface area contributed by atoms with E-state index in [0.717, 1.165) is 25.5 Å². The molecule has 0 saturated heterocycles. The first-order chi connectivity index (χ1) is 9.75. The smallest absolute Gasteiger partial charge is 0.272 e. The molecule has 0 radical (unpaired) electrons. The predicted molar refractivity (Wildman–Crippen MR) is 82.9 cm³/mol. The van der Waals surface area contributed by atoms with E-state index in [1.807, 2.05) is 0 Å². The fourth-order valence-electron chi connectivity index (χ4n) is 2.39. The van der Waals surface area contributed by atoms with Crippen molar-refractivity contribution in [2.75, 3.05) is 6.54 Å². The van der Waals surface area contributed by atoms with E-state index in [2.05, 4.69) is 33.0 Å². The molecule has 0 aliphatic rings. The molecule has 1 atom stereocenters. The third-order valence-corrected chi connectivity index (χ3v) is 3.63. The maximum absolute atomic E-state index is 13.3. The van der Waals surface area contributed by atoms with Crippen LogP contribution in [0.15, 0.2) is 18.2 Å². The van der Waals surface area contributed by atoms with E-state index in [9.17, 15) is 14.5 Å². The van der Waals surface area contributed by atoms with Gasteiger partial charge in [0.2, 0.25) is 0 Å². The van der Waals surface area contributed by atoms with Crippen molar-refractivity contribution in [1.82, 2.24) is 5.32 Å². The minimum absolute atomic E-state index is 0.000416. The van der Waals surface area contributed by atoms with Gasteiger partial charge in [-0.25, -0.2) is 4.39 Å². The Kier molecular flexibility index (Phi) is 6.27. The molecule has 5 heteroatoms. The molecule has 1 N–H and O–H groups in total.